The number of unbranched alkanes of at least 4 members (excludes halogenated alkanes) is 1. The molecule has 3 nitrogen and oxygen atoms in total. The maximum atomic E-state index is 10.7. The van der Waals surface area contributed by atoms with Crippen LogP contribution in [0.5, 0.6) is 0 Å². The lowest BCUT2D eigenvalue weighted by molar-refractivity contribution is -0.147. The molecule has 1 N–H and O–H groups in total. The Labute approximate surface area is 79.4 Å². The van der Waals surface area contributed by atoms with E-state index in [2.05, 4.69) is 6.58 Å². The predicted molar refractivity (Wildman–Crippen MR) is 51.3 cm³/mol. The van der Waals surface area contributed by atoms with E-state index in [1.54, 1.807) is 6.92 Å². The number of rotatable bonds is 6. The fraction of sp³-hybridized carbons (Fsp3) is 0.700. The quantitative estimate of drug-likeness (QED) is 0.507. The van der Waals surface area contributed by atoms with Crippen molar-refractivity contribution >= 4 is 5.97 Å². The van der Waals surface area contributed by atoms with Crippen molar-refractivity contribution in [1.29, 1.82) is 0 Å². The monoisotopic (exact) mass is 186 g/mol. The van der Waals surface area contributed by atoms with Crippen LogP contribution in [-0.4, -0.2) is 23.3 Å². The molecule has 2 atom stereocenters. The first-order chi connectivity index (χ1) is 6.11. The zero-order valence-corrected chi connectivity index (χ0v) is 8.32. The van der Waals surface area contributed by atoms with Gasteiger partial charge in [0.25, 0.3) is 0 Å². The largest absolute Gasteiger partial charge is 0.457 e. The summed E-state index contributed by atoms with van der Waals surface area (Å²) in [4.78, 5) is 10.7. The molecule has 3 heteroatoms. The third kappa shape index (κ3) is 5.42. The standard InChI is InChI=1S/C10H18O3/c1-4-6-7-9(11)8(3)13-10(12)5-2/h5,8-9,11H,2,4,6-7H2,1,3H3. The van der Waals surface area contributed by atoms with Gasteiger partial charge in [-0.2, -0.15) is 0 Å². The number of aliphatic hydroxyl groups is 1. The number of hydrogen-bond acceptors (Lipinski definition) is 3. The molecule has 0 aliphatic heterocycles. The summed E-state index contributed by atoms with van der Waals surface area (Å²) in [6, 6.07) is 0. The molecule has 0 aliphatic carbocycles. The van der Waals surface area contributed by atoms with E-state index in [9.17, 15) is 9.90 Å². The van der Waals surface area contributed by atoms with Crippen molar-refractivity contribution in [2.24, 2.45) is 0 Å². The zero-order chi connectivity index (χ0) is 10.3. The highest BCUT2D eigenvalue weighted by molar-refractivity contribution is 5.81. The molecule has 0 aromatic heterocycles. The molecular weight excluding hydrogens is 168 g/mol. The lowest BCUT2D eigenvalue weighted by Crippen LogP contribution is -2.27. The highest BCUT2D eigenvalue weighted by Gasteiger charge is 2.16. The topological polar surface area (TPSA) is 46.5 Å². The third-order valence-corrected chi connectivity index (χ3v) is 1.86. The normalized spacial score (nSPS) is 14.7. The first-order valence-corrected chi connectivity index (χ1v) is 4.63. The Morgan fingerprint density at radius 3 is 2.77 bits per heavy atom. The van der Waals surface area contributed by atoms with Crippen LogP contribution in [0.15, 0.2) is 12.7 Å². The van der Waals surface area contributed by atoms with Gasteiger partial charge in [-0.15, -0.1) is 0 Å². The Hall–Kier alpha value is -0.830. The first-order valence-electron chi connectivity index (χ1n) is 4.63. The number of esters is 1. The van der Waals surface area contributed by atoms with Gasteiger partial charge in [0.15, 0.2) is 0 Å². The molecule has 0 rings (SSSR count). The van der Waals surface area contributed by atoms with Gasteiger partial charge in [-0.05, 0) is 13.3 Å². The van der Waals surface area contributed by atoms with Gasteiger partial charge in [-0.25, -0.2) is 4.79 Å². The van der Waals surface area contributed by atoms with Gasteiger partial charge < -0.3 is 9.84 Å². The van der Waals surface area contributed by atoms with Crippen molar-refractivity contribution < 1.29 is 14.6 Å². The summed E-state index contributed by atoms with van der Waals surface area (Å²) in [6.07, 6.45) is 2.72. The molecule has 0 aliphatic rings. The Kier molecular flexibility index (Phi) is 6.24. The zero-order valence-electron chi connectivity index (χ0n) is 8.32. The predicted octanol–water partition coefficient (Wildman–Crippen LogP) is 1.66. The van der Waals surface area contributed by atoms with E-state index in [1.165, 1.54) is 0 Å². The molecule has 13 heavy (non-hydrogen) atoms. The minimum Gasteiger partial charge on any atom is -0.457 e. The fourth-order valence-corrected chi connectivity index (χ4v) is 0.958. The number of carbonyl (C=O) groups is 1. The number of ether oxygens (including phenoxy) is 1. The molecule has 0 fully saturated rings. The van der Waals surface area contributed by atoms with Gasteiger partial charge in [-0.1, -0.05) is 26.3 Å². The molecule has 0 saturated heterocycles. The van der Waals surface area contributed by atoms with Crippen LogP contribution in [0.4, 0.5) is 0 Å². The van der Waals surface area contributed by atoms with E-state index >= 15 is 0 Å². The molecule has 0 aromatic carbocycles. The molecule has 0 bridgehead atoms. The van der Waals surface area contributed by atoms with Crippen LogP contribution < -0.4 is 0 Å². The second-order valence-corrected chi connectivity index (χ2v) is 3.06. The van der Waals surface area contributed by atoms with Gasteiger partial charge in [0, 0.05) is 6.08 Å². The SMILES string of the molecule is C=CC(=O)OC(C)C(O)CCCC. The van der Waals surface area contributed by atoms with Crippen LogP contribution in [0.2, 0.25) is 0 Å². The Morgan fingerprint density at radius 2 is 2.31 bits per heavy atom. The van der Waals surface area contributed by atoms with Crippen molar-refractivity contribution in [2.75, 3.05) is 0 Å². The molecule has 0 amide bonds. The summed E-state index contributed by atoms with van der Waals surface area (Å²) in [5.41, 5.74) is 0. The minimum absolute atomic E-state index is 0.447. The van der Waals surface area contributed by atoms with Crippen LogP contribution >= 0.6 is 0 Å². The molecule has 2 unspecified atom stereocenters. The maximum Gasteiger partial charge on any atom is 0.330 e. The molecule has 0 saturated carbocycles. The van der Waals surface area contributed by atoms with Crippen LogP contribution in [-0.2, 0) is 9.53 Å². The summed E-state index contributed by atoms with van der Waals surface area (Å²) in [5.74, 6) is -0.483. The van der Waals surface area contributed by atoms with Gasteiger partial charge in [0.05, 0.1) is 6.10 Å². The van der Waals surface area contributed by atoms with Gasteiger partial charge in [0.1, 0.15) is 6.10 Å². The van der Waals surface area contributed by atoms with E-state index in [-0.39, 0.29) is 0 Å². The highest BCUT2D eigenvalue weighted by Crippen LogP contribution is 2.07. The number of hydrogen-bond donors (Lipinski definition) is 1. The van der Waals surface area contributed by atoms with E-state index in [0.717, 1.165) is 18.9 Å². The van der Waals surface area contributed by atoms with Crippen molar-refractivity contribution in [3.63, 3.8) is 0 Å². The van der Waals surface area contributed by atoms with E-state index in [4.69, 9.17) is 4.74 Å². The molecule has 0 radical (unpaired) electrons. The van der Waals surface area contributed by atoms with E-state index < -0.39 is 18.2 Å². The van der Waals surface area contributed by atoms with Crippen molar-refractivity contribution in [3.8, 4) is 0 Å². The van der Waals surface area contributed by atoms with E-state index in [1.807, 2.05) is 6.92 Å². The second-order valence-electron chi connectivity index (χ2n) is 3.06. The second kappa shape index (κ2) is 6.66. The molecule has 0 heterocycles. The van der Waals surface area contributed by atoms with Crippen LogP contribution in [0.25, 0.3) is 0 Å². The third-order valence-electron chi connectivity index (χ3n) is 1.86. The van der Waals surface area contributed by atoms with Crippen molar-refractivity contribution in [2.45, 2.75) is 45.3 Å². The summed E-state index contributed by atoms with van der Waals surface area (Å²) >= 11 is 0. The van der Waals surface area contributed by atoms with Gasteiger partial charge in [0.2, 0.25) is 0 Å². The first kappa shape index (κ1) is 12.2. The maximum absolute atomic E-state index is 10.7. The van der Waals surface area contributed by atoms with Crippen LogP contribution in [0, 0.1) is 0 Å². The minimum atomic E-state index is -0.566. The highest BCUT2D eigenvalue weighted by atomic mass is 16.6. The number of carbonyl (C=O) groups excluding carboxylic acids is 1. The average molecular weight is 186 g/mol. The van der Waals surface area contributed by atoms with Crippen LogP contribution in [0.1, 0.15) is 33.1 Å². The average Bonchev–Trinajstić information content (AvgIpc) is 2.13. The molecular formula is C10H18O3. The fourth-order valence-electron chi connectivity index (χ4n) is 0.958. The van der Waals surface area contributed by atoms with Gasteiger partial charge in [-0.3, -0.25) is 0 Å². The summed E-state index contributed by atoms with van der Waals surface area (Å²) in [6.45, 7) is 7.01. The Balaban J connectivity index is 3.74. The Bertz CT molecular complexity index is 166. The number of aliphatic hydroxyl groups excluding tert-OH is 1. The molecule has 0 spiro atoms. The lowest BCUT2D eigenvalue weighted by Gasteiger charge is -2.18. The smallest absolute Gasteiger partial charge is 0.330 e. The van der Waals surface area contributed by atoms with Crippen molar-refractivity contribution in [3.05, 3.63) is 12.7 Å². The lowest BCUT2D eigenvalue weighted by atomic mass is 10.1. The Morgan fingerprint density at radius 1 is 1.69 bits per heavy atom. The summed E-state index contributed by atoms with van der Waals surface area (Å²) < 4.78 is 4.85. The summed E-state index contributed by atoms with van der Waals surface area (Å²) in [5, 5.41) is 9.48. The molecule has 76 valence electrons. The van der Waals surface area contributed by atoms with E-state index in [0.29, 0.717) is 6.42 Å². The van der Waals surface area contributed by atoms with Gasteiger partial charge >= 0.3 is 5.97 Å². The van der Waals surface area contributed by atoms with Crippen molar-refractivity contribution in [1.82, 2.24) is 0 Å². The summed E-state index contributed by atoms with van der Waals surface area (Å²) in [7, 11) is 0. The molecule has 0 aromatic rings. The van der Waals surface area contributed by atoms with Crippen LogP contribution in [0.3, 0.4) is 0 Å².